The van der Waals surface area contributed by atoms with Crippen LogP contribution in [0.2, 0.25) is 0 Å². The van der Waals surface area contributed by atoms with Gasteiger partial charge < -0.3 is 0 Å². The molecule has 0 aliphatic rings. The maximum absolute atomic E-state index is 4.35. The number of nitrogens with zero attached hydrogens (tertiary/aromatic N) is 2. The van der Waals surface area contributed by atoms with E-state index in [1.54, 1.807) is 0 Å². The van der Waals surface area contributed by atoms with Gasteiger partial charge in [0.1, 0.15) is 0 Å². The molecule has 0 amide bonds. The molecule has 0 radical (unpaired) electrons. The third-order valence-corrected chi connectivity index (χ3v) is 2.12. The van der Waals surface area contributed by atoms with E-state index in [1.165, 1.54) is 11.3 Å². The van der Waals surface area contributed by atoms with Gasteiger partial charge in [0.05, 0.1) is 5.69 Å². The van der Waals surface area contributed by atoms with Crippen LogP contribution in [0.4, 0.5) is 0 Å². The Morgan fingerprint density at radius 2 is 1.82 bits per heavy atom. The molecule has 0 fully saturated rings. The van der Waals surface area contributed by atoms with Crippen molar-refractivity contribution in [3.63, 3.8) is 0 Å². The summed E-state index contributed by atoms with van der Waals surface area (Å²) in [5, 5.41) is 4.35. The van der Waals surface area contributed by atoms with Crippen LogP contribution in [0.25, 0.3) is 0 Å². The molecule has 2 nitrogen and oxygen atoms in total. The highest BCUT2D eigenvalue weighted by atomic mass is 15.3. The van der Waals surface area contributed by atoms with Crippen LogP contribution in [0, 0.1) is 13.8 Å². The van der Waals surface area contributed by atoms with Crippen LogP contribution in [0.3, 0.4) is 0 Å². The minimum atomic E-state index is 0.571. The van der Waals surface area contributed by atoms with Gasteiger partial charge in [0, 0.05) is 12.7 Å². The summed E-state index contributed by atoms with van der Waals surface area (Å²) in [6.45, 7) is 8.59. The van der Waals surface area contributed by atoms with Crippen molar-refractivity contribution in [3.8, 4) is 0 Å². The number of hydrogen-bond donors (Lipinski definition) is 0. The number of rotatable bonds is 1. The van der Waals surface area contributed by atoms with Crippen molar-refractivity contribution in [2.75, 3.05) is 0 Å². The van der Waals surface area contributed by atoms with E-state index in [4.69, 9.17) is 0 Å². The van der Waals surface area contributed by atoms with Gasteiger partial charge in [-0.25, -0.2) is 0 Å². The fraction of sp³-hybridized carbons (Fsp3) is 0.667. The molecule has 1 aromatic rings. The van der Waals surface area contributed by atoms with Crippen LogP contribution >= 0.6 is 0 Å². The molecule has 0 bridgehead atoms. The first kappa shape index (κ1) is 8.31. The lowest BCUT2D eigenvalue weighted by Crippen LogP contribution is -2.00. The maximum Gasteiger partial charge on any atom is 0.0625 e. The first-order chi connectivity index (χ1) is 5.04. The summed E-state index contributed by atoms with van der Waals surface area (Å²) in [7, 11) is 2.01. The highest BCUT2D eigenvalue weighted by molar-refractivity contribution is 5.25. The molecule has 0 saturated heterocycles. The fourth-order valence-electron chi connectivity index (χ4n) is 1.59. The van der Waals surface area contributed by atoms with Crippen LogP contribution in [-0.2, 0) is 7.05 Å². The van der Waals surface area contributed by atoms with E-state index in [9.17, 15) is 0 Å². The number of hydrogen-bond acceptors (Lipinski definition) is 1. The first-order valence-corrected chi connectivity index (χ1v) is 4.04. The Morgan fingerprint density at radius 1 is 1.27 bits per heavy atom. The topological polar surface area (TPSA) is 17.8 Å². The summed E-state index contributed by atoms with van der Waals surface area (Å²) in [5.74, 6) is 0.571. The standard InChI is InChI=1S/C9H16N2/c1-6(2)9-7(3)8(4)10-11(9)5/h6H,1-5H3. The molecule has 0 saturated carbocycles. The second-order valence-corrected chi connectivity index (χ2v) is 3.37. The molecule has 0 unspecified atom stereocenters. The zero-order valence-electron chi connectivity index (χ0n) is 7.97. The van der Waals surface area contributed by atoms with Crippen LogP contribution in [0.15, 0.2) is 0 Å². The quantitative estimate of drug-likeness (QED) is 0.603. The van der Waals surface area contributed by atoms with Crippen LogP contribution in [0.1, 0.15) is 36.7 Å². The van der Waals surface area contributed by atoms with E-state index in [1.807, 2.05) is 11.7 Å². The monoisotopic (exact) mass is 152 g/mol. The summed E-state index contributed by atoms with van der Waals surface area (Å²) in [6, 6.07) is 0. The summed E-state index contributed by atoms with van der Waals surface area (Å²) in [6.07, 6.45) is 0. The second-order valence-electron chi connectivity index (χ2n) is 3.37. The minimum absolute atomic E-state index is 0.571. The molecule has 1 rings (SSSR count). The molecule has 1 aromatic heterocycles. The average molecular weight is 152 g/mol. The Kier molecular flexibility index (Phi) is 2.03. The molecule has 0 atom stereocenters. The molecule has 0 aliphatic carbocycles. The molecular formula is C9H16N2. The highest BCUT2D eigenvalue weighted by Crippen LogP contribution is 2.19. The fourth-order valence-corrected chi connectivity index (χ4v) is 1.59. The number of aryl methyl sites for hydroxylation is 2. The highest BCUT2D eigenvalue weighted by Gasteiger charge is 2.11. The van der Waals surface area contributed by atoms with E-state index >= 15 is 0 Å². The van der Waals surface area contributed by atoms with Gasteiger partial charge in [-0.15, -0.1) is 0 Å². The van der Waals surface area contributed by atoms with Crippen molar-refractivity contribution in [3.05, 3.63) is 17.0 Å². The summed E-state index contributed by atoms with van der Waals surface area (Å²) < 4.78 is 1.98. The largest absolute Gasteiger partial charge is 0.272 e. The molecule has 0 aliphatic heterocycles. The predicted molar refractivity (Wildman–Crippen MR) is 46.8 cm³/mol. The Hall–Kier alpha value is -0.790. The Morgan fingerprint density at radius 3 is 2.00 bits per heavy atom. The molecule has 11 heavy (non-hydrogen) atoms. The molecule has 1 heterocycles. The molecule has 0 N–H and O–H groups in total. The lowest BCUT2D eigenvalue weighted by Gasteiger charge is -2.06. The van der Waals surface area contributed by atoms with Gasteiger partial charge in [-0.3, -0.25) is 4.68 Å². The molecule has 2 heteroatoms. The zero-order chi connectivity index (χ0) is 8.59. The molecule has 62 valence electrons. The third-order valence-electron chi connectivity index (χ3n) is 2.12. The van der Waals surface area contributed by atoms with Crippen molar-refractivity contribution in [2.45, 2.75) is 33.6 Å². The molecule has 0 aromatic carbocycles. The Balaban J connectivity index is 3.22. The average Bonchev–Trinajstić information content (AvgIpc) is 2.07. The van der Waals surface area contributed by atoms with E-state index in [0.717, 1.165) is 5.69 Å². The SMILES string of the molecule is Cc1nn(C)c(C(C)C)c1C. The zero-order valence-corrected chi connectivity index (χ0v) is 7.97. The Labute approximate surface area is 68.2 Å². The first-order valence-electron chi connectivity index (χ1n) is 4.04. The van der Waals surface area contributed by atoms with Gasteiger partial charge in [-0.2, -0.15) is 5.10 Å². The van der Waals surface area contributed by atoms with Crippen LogP contribution < -0.4 is 0 Å². The van der Waals surface area contributed by atoms with Gasteiger partial charge in [0.2, 0.25) is 0 Å². The maximum atomic E-state index is 4.35. The third kappa shape index (κ3) is 1.30. The van der Waals surface area contributed by atoms with Gasteiger partial charge in [0.15, 0.2) is 0 Å². The molecular weight excluding hydrogens is 136 g/mol. The second kappa shape index (κ2) is 2.68. The van der Waals surface area contributed by atoms with Gasteiger partial charge in [-0.05, 0) is 25.3 Å². The predicted octanol–water partition coefficient (Wildman–Crippen LogP) is 2.16. The summed E-state index contributed by atoms with van der Waals surface area (Å²) >= 11 is 0. The summed E-state index contributed by atoms with van der Waals surface area (Å²) in [5.41, 5.74) is 3.83. The normalized spacial score (nSPS) is 11.1. The smallest absolute Gasteiger partial charge is 0.0625 e. The summed E-state index contributed by atoms with van der Waals surface area (Å²) in [4.78, 5) is 0. The van der Waals surface area contributed by atoms with Crippen LogP contribution in [-0.4, -0.2) is 9.78 Å². The van der Waals surface area contributed by atoms with Crippen molar-refractivity contribution in [1.82, 2.24) is 9.78 Å². The lowest BCUT2D eigenvalue weighted by atomic mass is 10.1. The van der Waals surface area contributed by atoms with Gasteiger partial charge >= 0.3 is 0 Å². The minimum Gasteiger partial charge on any atom is -0.272 e. The van der Waals surface area contributed by atoms with Crippen molar-refractivity contribution in [1.29, 1.82) is 0 Å². The molecule has 0 spiro atoms. The van der Waals surface area contributed by atoms with E-state index in [0.29, 0.717) is 5.92 Å². The van der Waals surface area contributed by atoms with Crippen LogP contribution in [0.5, 0.6) is 0 Å². The number of aromatic nitrogens is 2. The Bertz CT molecular complexity index is 259. The lowest BCUT2D eigenvalue weighted by molar-refractivity contribution is 0.663. The van der Waals surface area contributed by atoms with E-state index in [2.05, 4.69) is 32.8 Å². The van der Waals surface area contributed by atoms with Crippen molar-refractivity contribution >= 4 is 0 Å². The van der Waals surface area contributed by atoms with Gasteiger partial charge in [0.25, 0.3) is 0 Å². The van der Waals surface area contributed by atoms with Crippen molar-refractivity contribution < 1.29 is 0 Å². The van der Waals surface area contributed by atoms with Crippen molar-refractivity contribution in [2.24, 2.45) is 7.05 Å². The van der Waals surface area contributed by atoms with E-state index in [-0.39, 0.29) is 0 Å². The van der Waals surface area contributed by atoms with Gasteiger partial charge in [-0.1, -0.05) is 13.8 Å². The van der Waals surface area contributed by atoms with E-state index < -0.39 is 0 Å².